The highest BCUT2D eigenvalue weighted by Gasteiger charge is 2.16. The van der Waals surface area contributed by atoms with Gasteiger partial charge in [0.25, 0.3) is 0 Å². The fourth-order valence-corrected chi connectivity index (χ4v) is 7.43. The van der Waals surface area contributed by atoms with Crippen LogP contribution in [0.1, 0.15) is 0 Å². The van der Waals surface area contributed by atoms with Gasteiger partial charge in [-0.2, -0.15) is 0 Å². The Morgan fingerprint density at radius 2 is 0.868 bits per heavy atom. The summed E-state index contributed by atoms with van der Waals surface area (Å²) in [6.07, 6.45) is 0. The van der Waals surface area contributed by atoms with Gasteiger partial charge in [0.15, 0.2) is 5.82 Å². The van der Waals surface area contributed by atoms with Gasteiger partial charge in [0.05, 0.1) is 11.4 Å². The van der Waals surface area contributed by atoms with Crippen LogP contribution in [-0.4, -0.2) is 9.97 Å². The number of aromatic nitrogens is 2. The molecule has 0 unspecified atom stereocenters. The summed E-state index contributed by atoms with van der Waals surface area (Å²) in [4.78, 5) is 10.5. The van der Waals surface area contributed by atoms with Crippen LogP contribution in [0, 0.1) is 0 Å². The van der Waals surface area contributed by atoms with Crippen LogP contribution in [-0.2, 0) is 0 Å². The molecule has 2 heterocycles. The summed E-state index contributed by atoms with van der Waals surface area (Å²) in [6.45, 7) is 0. The highest BCUT2D eigenvalue weighted by Crippen LogP contribution is 2.39. The average molecular weight is 677 g/mol. The number of rotatable bonds is 6. The first kappa shape index (κ1) is 30.7. The normalized spacial score (nSPS) is 11.4. The molecule has 10 aromatic rings. The van der Waals surface area contributed by atoms with Gasteiger partial charge in [-0.1, -0.05) is 146 Å². The van der Waals surface area contributed by atoms with E-state index < -0.39 is 0 Å². The van der Waals surface area contributed by atoms with Crippen LogP contribution in [0.5, 0.6) is 0 Å². The molecule has 53 heavy (non-hydrogen) atoms. The first-order valence-corrected chi connectivity index (χ1v) is 17.9. The number of fused-ring (bicyclic) bond motifs is 4. The standard InChI is InChI=1S/C50H32N2O/c1-3-13-33(14-4-1)36-19-11-20-38(27-36)50-51-46(35-16-5-2-6-17-35)32-47(52-50)41-29-39(28-40(30-41)43-23-12-18-34-15-7-8-21-42(34)43)37-25-26-45-44-22-9-10-24-48(44)53-49(45)31-37/h1-32H. The molecular weight excluding hydrogens is 645 g/mol. The predicted octanol–water partition coefficient (Wildman–Crippen LogP) is 13.5. The van der Waals surface area contributed by atoms with Crippen molar-refractivity contribution >= 4 is 32.7 Å². The molecular formula is C50H32N2O. The van der Waals surface area contributed by atoms with Crippen molar-refractivity contribution in [3.63, 3.8) is 0 Å². The Bertz CT molecular complexity index is 2940. The van der Waals surface area contributed by atoms with Crippen LogP contribution >= 0.6 is 0 Å². The van der Waals surface area contributed by atoms with E-state index in [1.807, 2.05) is 24.3 Å². The number of para-hydroxylation sites is 1. The van der Waals surface area contributed by atoms with E-state index in [4.69, 9.17) is 14.4 Å². The zero-order chi connectivity index (χ0) is 35.1. The molecule has 0 saturated carbocycles. The largest absolute Gasteiger partial charge is 0.456 e. The van der Waals surface area contributed by atoms with Crippen molar-refractivity contribution < 1.29 is 4.42 Å². The second kappa shape index (κ2) is 12.9. The number of hydrogen-bond donors (Lipinski definition) is 0. The first-order chi connectivity index (χ1) is 26.2. The van der Waals surface area contributed by atoms with Gasteiger partial charge in [0, 0.05) is 27.5 Å². The van der Waals surface area contributed by atoms with Crippen LogP contribution in [0.2, 0.25) is 0 Å². The van der Waals surface area contributed by atoms with E-state index in [9.17, 15) is 0 Å². The molecule has 0 atom stereocenters. The lowest BCUT2D eigenvalue weighted by atomic mass is 9.92. The molecule has 10 rings (SSSR count). The van der Waals surface area contributed by atoms with Crippen molar-refractivity contribution in [1.82, 2.24) is 9.97 Å². The summed E-state index contributed by atoms with van der Waals surface area (Å²) in [7, 11) is 0. The Labute approximate surface area is 307 Å². The van der Waals surface area contributed by atoms with Crippen molar-refractivity contribution in [2.45, 2.75) is 0 Å². The molecule has 2 aromatic heterocycles. The molecule has 3 nitrogen and oxygen atoms in total. The highest BCUT2D eigenvalue weighted by molar-refractivity contribution is 6.06. The van der Waals surface area contributed by atoms with Crippen LogP contribution in [0.3, 0.4) is 0 Å². The van der Waals surface area contributed by atoms with E-state index >= 15 is 0 Å². The summed E-state index contributed by atoms with van der Waals surface area (Å²) in [6, 6.07) is 68.1. The number of nitrogens with zero attached hydrogens (tertiary/aromatic N) is 2. The van der Waals surface area contributed by atoms with Crippen molar-refractivity contribution in [2.75, 3.05) is 0 Å². The van der Waals surface area contributed by atoms with Crippen molar-refractivity contribution in [2.24, 2.45) is 0 Å². The Kier molecular flexibility index (Phi) is 7.47. The fraction of sp³-hybridized carbons (Fsp3) is 0. The molecule has 0 fully saturated rings. The molecule has 0 aliphatic rings. The SMILES string of the molecule is c1ccc(-c2cccc(-c3nc(-c4ccccc4)cc(-c4cc(-c5ccc6c(c5)oc5ccccc56)cc(-c5cccc6ccccc56)c4)n3)c2)cc1. The third-order valence-corrected chi connectivity index (χ3v) is 10.1. The molecule has 0 aliphatic carbocycles. The third kappa shape index (κ3) is 5.75. The lowest BCUT2D eigenvalue weighted by Gasteiger charge is -2.14. The fourth-order valence-electron chi connectivity index (χ4n) is 7.43. The van der Waals surface area contributed by atoms with Gasteiger partial charge in [-0.25, -0.2) is 9.97 Å². The summed E-state index contributed by atoms with van der Waals surface area (Å²) < 4.78 is 6.35. The summed E-state index contributed by atoms with van der Waals surface area (Å²) >= 11 is 0. The summed E-state index contributed by atoms with van der Waals surface area (Å²) in [5.74, 6) is 0.681. The zero-order valence-corrected chi connectivity index (χ0v) is 28.8. The van der Waals surface area contributed by atoms with Crippen LogP contribution in [0.15, 0.2) is 199 Å². The third-order valence-electron chi connectivity index (χ3n) is 10.1. The lowest BCUT2D eigenvalue weighted by Crippen LogP contribution is -1.97. The van der Waals surface area contributed by atoms with E-state index in [-0.39, 0.29) is 0 Å². The van der Waals surface area contributed by atoms with Crippen LogP contribution in [0.4, 0.5) is 0 Å². The van der Waals surface area contributed by atoms with Crippen molar-refractivity contribution in [3.05, 3.63) is 194 Å². The topological polar surface area (TPSA) is 38.9 Å². The molecule has 0 N–H and O–H groups in total. The molecule has 0 bridgehead atoms. The van der Waals surface area contributed by atoms with E-state index in [0.717, 1.165) is 77.8 Å². The van der Waals surface area contributed by atoms with E-state index in [1.54, 1.807) is 0 Å². The molecule has 0 aliphatic heterocycles. The first-order valence-electron chi connectivity index (χ1n) is 17.9. The molecule has 0 spiro atoms. The molecule has 8 aromatic carbocycles. The highest BCUT2D eigenvalue weighted by atomic mass is 16.3. The van der Waals surface area contributed by atoms with Crippen molar-refractivity contribution in [1.29, 1.82) is 0 Å². The van der Waals surface area contributed by atoms with Gasteiger partial charge < -0.3 is 4.42 Å². The van der Waals surface area contributed by atoms with Gasteiger partial charge in [-0.3, -0.25) is 0 Å². The zero-order valence-electron chi connectivity index (χ0n) is 28.8. The number of benzene rings is 8. The van der Waals surface area contributed by atoms with Crippen molar-refractivity contribution in [3.8, 4) is 67.3 Å². The van der Waals surface area contributed by atoms with Crippen LogP contribution in [0.25, 0.3) is 100.0 Å². The number of furan rings is 1. The Balaban J connectivity index is 1.20. The Hall–Kier alpha value is -7.10. The maximum atomic E-state index is 6.35. The lowest BCUT2D eigenvalue weighted by molar-refractivity contribution is 0.669. The van der Waals surface area contributed by atoms with E-state index in [1.165, 1.54) is 16.3 Å². The smallest absolute Gasteiger partial charge is 0.160 e. The minimum atomic E-state index is 0.681. The monoisotopic (exact) mass is 676 g/mol. The molecule has 3 heteroatoms. The molecule has 0 saturated heterocycles. The van der Waals surface area contributed by atoms with E-state index in [0.29, 0.717) is 5.82 Å². The minimum absolute atomic E-state index is 0.681. The van der Waals surface area contributed by atoms with E-state index in [2.05, 4.69) is 170 Å². The van der Waals surface area contributed by atoms with Gasteiger partial charge in [0.2, 0.25) is 0 Å². The molecule has 0 radical (unpaired) electrons. The van der Waals surface area contributed by atoms with Gasteiger partial charge in [-0.05, 0) is 92.7 Å². The average Bonchev–Trinajstić information content (AvgIpc) is 3.62. The molecule has 248 valence electrons. The summed E-state index contributed by atoms with van der Waals surface area (Å²) in [5, 5.41) is 4.64. The van der Waals surface area contributed by atoms with Crippen LogP contribution < -0.4 is 0 Å². The predicted molar refractivity (Wildman–Crippen MR) is 219 cm³/mol. The second-order valence-corrected chi connectivity index (χ2v) is 13.4. The molecule has 0 amide bonds. The van der Waals surface area contributed by atoms with Gasteiger partial charge >= 0.3 is 0 Å². The number of hydrogen-bond acceptors (Lipinski definition) is 3. The quantitative estimate of drug-likeness (QED) is 0.176. The van der Waals surface area contributed by atoms with Gasteiger partial charge in [-0.15, -0.1) is 0 Å². The maximum Gasteiger partial charge on any atom is 0.160 e. The Morgan fingerprint density at radius 1 is 0.302 bits per heavy atom. The summed E-state index contributed by atoms with van der Waals surface area (Å²) in [5.41, 5.74) is 13.2. The minimum Gasteiger partial charge on any atom is -0.456 e. The second-order valence-electron chi connectivity index (χ2n) is 13.4. The Morgan fingerprint density at radius 3 is 1.72 bits per heavy atom. The maximum absolute atomic E-state index is 6.35. The van der Waals surface area contributed by atoms with Gasteiger partial charge in [0.1, 0.15) is 11.2 Å².